The van der Waals surface area contributed by atoms with E-state index in [2.05, 4.69) is 0 Å². The van der Waals surface area contributed by atoms with Crippen molar-refractivity contribution < 1.29 is 27.4 Å². The van der Waals surface area contributed by atoms with Gasteiger partial charge in [-0.25, -0.2) is 18.4 Å². The lowest BCUT2D eigenvalue weighted by atomic mass is 10.2. The van der Waals surface area contributed by atoms with Crippen molar-refractivity contribution in [3.63, 3.8) is 0 Å². The van der Waals surface area contributed by atoms with Crippen LogP contribution in [0.15, 0.2) is 53.4 Å². The number of ether oxygens (including phenoxy) is 3. The summed E-state index contributed by atoms with van der Waals surface area (Å²) in [6.07, 6.45) is 0. The summed E-state index contributed by atoms with van der Waals surface area (Å²) in [6, 6.07) is 13.0. The van der Waals surface area contributed by atoms with E-state index < -0.39 is 16.0 Å². The largest absolute Gasteiger partial charge is 0.490 e. The summed E-state index contributed by atoms with van der Waals surface area (Å²) in [5, 5.41) is 5.00. The maximum Gasteiger partial charge on any atom is 0.344 e. The molecule has 2 aromatic rings. The number of hydrogen-bond acceptors (Lipinski definition) is 6. The van der Waals surface area contributed by atoms with Crippen LogP contribution in [0, 0.1) is 6.92 Å². The number of para-hydroxylation sites is 1. The molecule has 7 nitrogen and oxygen atoms in total. The second kappa shape index (κ2) is 8.50. The molecule has 0 aromatic heterocycles. The summed E-state index contributed by atoms with van der Waals surface area (Å²) in [6.45, 7) is 1.88. The van der Waals surface area contributed by atoms with Crippen LogP contribution < -0.4 is 14.6 Å². The Morgan fingerprint density at radius 2 is 1.68 bits per heavy atom. The third kappa shape index (κ3) is 6.09. The number of aryl methyl sites for hydroxylation is 1. The normalized spacial score (nSPS) is 11.0. The maximum atomic E-state index is 11.6. The van der Waals surface area contributed by atoms with Crippen molar-refractivity contribution in [3.05, 3.63) is 54.1 Å². The topological polar surface area (TPSA) is 105 Å². The number of carbonyl (C=O) groups is 1. The highest BCUT2D eigenvalue weighted by Gasteiger charge is 2.08. The Morgan fingerprint density at radius 3 is 2.32 bits per heavy atom. The van der Waals surface area contributed by atoms with Gasteiger partial charge in [-0.2, -0.15) is 0 Å². The zero-order chi connectivity index (χ0) is 18.3. The molecule has 2 aromatic carbocycles. The third-order valence-electron chi connectivity index (χ3n) is 3.21. The average molecular weight is 365 g/mol. The Bertz CT molecular complexity index is 817. The molecule has 0 aliphatic carbocycles. The van der Waals surface area contributed by atoms with E-state index in [0.29, 0.717) is 11.5 Å². The first kappa shape index (κ1) is 18.8. The molecule has 0 aliphatic heterocycles. The minimum absolute atomic E-state index is 0.000341. The van der Waals surface area contributed by atoms with Gasteiger partial charge in [0.15, 0.2) is 6.61 Å². The molecular weight excluding hydrogens is 346 g/mol. The van der Waals surface area contributed by atoms with E-state index in [4.69, 9.17) is 19.3 Å². The van der Waals surface area contributed by atoms with E-state index in [1.165, 1.54) is 24.3 Å². The molecule has 2 rings (SSSR count). The number of primary sulfonamides is 1. The molecule has 0 saturated heterocycles. The van der Waals surface area contributed by atoms with Gasteiger partial charge in [0, 0.05) is 0 Å². The SMILES string of the molecule is Cc1ccccc1OCC(=O)OCCOc1ccc(S(N)(=O)=O)cc1. The van der Waals surface area contributed by atoms with Gasteiger partial charge in [0.05, 0.1) is 4.90 Å². The van der Waals surface area contributed by atoms with E-state index in [1.54, 1.807) is 6.07 Å². The second-order valence-corrected chi connectivity index (χ2v) is 6.70. The average Bonchev–Trinajstić information content (AvgIpc) is 2.57. The highest BCUT2D eigenvalue weighted by atomic mass is 32.2. The minimum Gasteiger partial charge on any atom is -0.490 e. The molecule has 0 fully saturated rings. The predicted molar refractivity (Wildman–Crippen MR) is 90.9 cm³/mol. The number of hydrogen-bond donors (Lipinski definition) is 1. The van der Waals surface area contributed by atoms with Gasteiger partial charge in [-0.05, 0) is 42.8 Å². The van der Waals surface area contributed by atoms with Crippen molar-refractivity contribution in [2.45, 2.75) is 11.8 Å². The standard InChI is InChI=1S/C17H19NO6S/c1-13-4-2-3-5-16(13)24-12-17(19)23-11-10-22-14-6-8-15(9-7-14)25(18,20)21/h2-9H,10-12H2,1H3,(H2,18,20,21). The van der Waals surface area contributed by atoms with Crippen molar-refractivity contribution in [1.82, 2.24) is 0 Å². The Labute approximate surface area is 146 Å². The molecule has 8 heteroatoms. The van der Waals surface area contributed by atoms with Crippen LogP contribution in [0.5, 0.6) is 11.5 Å². The van der Waals surface area contributed by atoms with Crippen LogP contribution in [0.4, 0.5) is 0 Å². The van der Waals surface area contributed by atoms with Gasteiger partial charge in [0.1, 0.15) is 24.7 Å². The van der Waals surface area contributed by atoms with E-state index in [9.17, 15) is 13.2 Å². The summed E-state index contributed by atoms with van der Waals surface area (Å²) < 4.78 is 38.0. The van der Waals surface area contributed by atoms with Gasteiger partial charge in [-0.1, -0.05) is 18.2 Å². The van der Waals surface area contributed by atoms with Crippen molar-refractivity contribution in [2.24, 2.45) is 5.14 Å². The van der Waals surface area contributed by atoms with Gasteiger partial charge in [0.2, 0.25) is 10.0 Å². The Morgan fingerprint density at radius 1 is 1.00 bits per heavy atom. The highest BCUT2D eigenvalue weighted by Crippen LogP contribution is 2.16. The third-order valence-corrected chi connectivity index (χ3v) is 4.14. The van der Waals surface area contributed by atoms with Gasteiger partial charge >= 0.3 is 5.97 Å². The minimum atomic E-state index is -3.73. The van der Waals surface area contributed by atoms with Gasteiger partial charge in [-0.15, -0.1) is 0 Å². The van der Waals surface area contributed by atoms with Crippen LogP contribution in [0.2, 0.25) is 0 Å². The number of carbonyl (C=O) groups excluding carboxylic acids is 1. The first-order chi connectivity index (χ1) is 11.9. The molecule has 0 aliphatic rings. The van der Waals surface area contributed by atoms with Crippen molar-refractivity contribution in [3.8, 4) is 11.5 Å². The van der Waals surface area contributed by atoms with Gasteiger partial charge < -0.3 is 14.2 Å². The summed E-state index contributed by atoms with van der Waals surface area (Å²) in [7, 11) is -3.73. The molecule has 0 amide bonds. The molecule has 134 valence electrons. The quantitative estimate of drug-likeness (QED) is 0.563. The van der Waals surface area contributed by atoms with Crippen LogP contribution in [0.1, 0.15) is 5.56 Å². The van der Waals surface area contributed by atoms with Gasteiger partial charge in [-0.3, -0.25) is 0 Å². The zero-order valence-electron chi connectivity index (χ0n) is 13.7. The smallest absolute Gasteiger partial charge is 0.344 e. The monoisotopic (exact) mass is 365 g/mol. The molecule has 0 atom stereocenters. The molecule has 0 spiro atoms. The number of rotatable bonds is 8. The molecule has 0 unspecified atom stereocenters. The zero-order valence-corrected chi connectivity index (χ0v) is 14.5. The van der Waals surface area contributed by atoms with E-state index in [0.717, 1.165) is 5.56 Å². The van der Waals surface area contributed by atoms with Crippen molar-refractivity contribution in [1.29, 1.82) is 0 Å². The molecule has 2 N–H and O–H groups in total. The molecular formula is C17H19NO6S. The first-order valence-corrected chi connectivity index (χ1v) is 9.00. The van der Waals surface area contributed by atoms with Crippen LogP contribution >= 0.6 is 0 Å². The summed E-state index contributed by atoms with van der Waals surface area (Å²) in [5.74, 6) is 0.571. The van der Waals surface area contributed by atoms with Crippen LogP contribution in [-0.2, 0) is 19.6 Å². The molecule has 0 saturated carbocycles. The fraction of sp³-hybridized carbons (Fsp3) is 0.235. The number of sulfonamides is 1. The van der Waals surface area contributed by atoms with Crippen molar-refractivity contribution in [2.75, 3.05) is 19.8 Å². The first-order valence-electron chi connectivity index (χ1n) is 7.46. The molecule has 0 radical (unpaired) electrons. The number of benzene rings is 2. The predicted octanol–water partition coefficient (Wildman–Crippen LogP) is 1.64. The van der Waals surface area contributed by atoms with Gasteiger partial charge in [0.25, 0.3) is 0 Å². The summed E-state index contributed by atoms with van der Waals surface area (Å²) in [4.78, 5) is 11.6. The van der Waals surface area contributed by atoms with E-state index >= 15 is 0 Å². The fourth-order valence-corrected chi connectivity index (χ4v) is 2.45. The number of esters is 1. The van der Waals surface area contributed by atoms with E-state index in [1.807, 2.05) is 25.1 Å². The Kier molecular flexibility index (Phi) is 6.37. The second-order valence-electron chi connectivity index (χ2n) is 5.14. The number of nitrogens with two attached hydrogens (primary N) is 1. The lowest BCUT2D eigenvalue weighted by Gasteiger charge is -2.10. The molecule has 0 bridgehead atoms. The summed E-state index contributed by atoms with van der Waals surface area (Å²) >= 11 is 0. The van der Waals surface area contributed by atoms with Crippen LogP contribution in [0.3, 0.4) is 0 Å². The fourth-order valence-electron chi connectivity index (χ4n) is 1.94. The highest BCUT2D eigenvalue weighted by molar-refractivity contribution is 7.89. The summed E-state index contributed by atoms with van der Waals surface area (Å²) in [5.41, 5.74) is 0.932. The maximum absolute atomic E-state index is 11.6. The lowest BCUT2D eigenvalue weighted by molar-refractivity contribution is -0.146. The lowest BCUT2D eigenvalue weighted by Crippen LogP contribution is -2.18. The molecule has 25 heavy (non-hydrogen) atoms. The Hall–Kier alpha value is -2.58. The van der Waals surface area contributed by atoms with E-state index in [-0.39, 0.29) is 24.7 Å². The Balaban J connectivity index is 1.69. The van der Waals surface area contributed by atoms with Crippen LogP contribution in [-0.4, -0.2) is 34.2 Å². The molecule has 0 heterocycles. The van der Waals surface area contributed by atoms with Crippen LogP contribution in [0.25, 0.3) is 0 Å². The van der Waals surface area contributed by atoms with Crippen molar-refractivity contribution >= 4 is 16.0 Å².